The number of furan rings is 1. The second kappa shape index (κ2) is 10.0. The van der Waals surface area contributed by atoms with Gasteiger partial charge in [0.15, 0.2) is 0 Å². The van der Waals surface area contributed by atoms with Gasteiger partial charge >= 0.3 is 5.97 Å². The highest BCUT2D eigenvalue weighted by Gasteiger charge is 2.27. The number of methoxy groups -OCH3 is 3. The van der Waals surface area contributed by atoms with Crippen LogP contribution in [0.15, 0.2) is 53.2 Å². The number of para-hydroxylation sites is 1. The van der Waals surface area contributed by atoms with Gasteiger partial charge in [-0.3, -0.25) is 9.59 Å². The first-order chi connectivity index (χ1) is 16.5. The average molecular weight is 464 g/mol. The summed E-state index contributed by atoms with van der Waals surface area (Å²) in [4.78, 5) is 26.5. The number of esters is 1. The van der Waals surface area contributed by atoms with E-state index in [0.29, 0.717) is 37.3 Å². The fourth-order valence-electron chi connectivity index (χ4n) is 4.46. The second-order valence-electron chi connectivity index (χ2n) is 8.35. The van der Waals surface area contributed by atoms with Gasteiger partial charge in [0.25, 0.3) is 0 Å². The predicted octanol–water partition coefficient (Wildman–Crippen LogP) is 4.93. The molecule has 1 fully saturated rings. The molecule has 7 nitrogen and oxygen atoms in total. The van der Waals surface area contributed by atoms with Crippen molar-refractivity contribution >= 4 is 28.4 Å². The van der Waals surface area contributed by atoms with E-state index in [1.807, 2.05) is 43.3 Å². The molecular weight excluding hydrogens is 434 g/mol. The van der Waals surface area contributed by atoms with Crippen LogP contribution in [-0.4, -0.2) is 51.2 Å². The molecule has 2 heterocycles. The van der Waals surface area contributed by atoms with Crippen LogP contribution in [0.25, 0.3) is 27.7 Å². The van der Waals surface area contributed by atoms with Crippen LogP contribution in [0.1, 0.15) is 25.3 Å². The molecule has 7 heteroatoms. The third-order valence-corrected chi connectivity index (χ3v) is 6.40. The molecule has 0 unspecified atom stereocenters. The van der Waals surface area contributed by atoms with E-state index < -0.39 is 0 Å². The molecule has 0 saturated carbocycles. The van der Waals surface area contributed by atoms with Crippen LogP contribution in [0.4, 0.5) is 0 Å². The first kappa shape index (κ1) is 23.4. The van der Waals surface area contributed by atoms with Crippen LogP contribution in [0.5, 0.6) is 11.5 Å². The Kier molecular flexibility index (Phi) is 6.91. The second-order valence-corrected chi connectivity index (χ2v) is 8.35. The van der Waals surface area contributed by atoms with E-state index in [2.05, 4.69) is 0 Å². The number of hydrogen-bond donors (Lipinski definition) is 0. The SMILES string of the molecule is COC(=O)C1CCN(C(=O)/C=C(\C)c2cc3c(-c4ccccc4OC)coc3cc2OC)CC1. The zero-order valence-electron chi connectivity index (χ0n) is 19.9. The smallest absolute Gasteiger partial charge is 0.308 e. The Balaban J connectivity index is 1.64. The van der Waals surface area contributed by atoms with E-state index in [4.69, 9.17) is 18.6 Å². The van der Waals surface area contributed by atoms with E-state index in [-0.39, 0.29) is 17.8 Å². The van der Waals surface area contributed by atoms with Crippen molar-refractivity contribution in [2.24, 2.45) is 5.92 Å². The van der Waals surface area contributed by atoms with Crippen molar-refractivity contribution < 1.29 is 28.2 Å². The molecule has 2 aromatic carbocycles. The fourth-order valence-corrected chi connectivity index (χ4v) is 4.46. The minimum Gasteiger partial charge on any atom is -0.496 e. The van der Waals surface area contributed by atoms with Crippen LogP contribution in [0.3, 0.4) is 0 Å². The van der Waals surface area contributed by atoms with Crippen molar-refractivity contribution in [2.75, 3.05) is 34.4 Å². The van der Waals surface area contributed by atoms with E-state index in [1.165, 1.54) is 7.11 Å². The summed E-state index contributed by atoms with van der Waals surface area (Å²) in [6.07, 6.45) is 4.56. The summed E-state index contributed by atoms with van der Waals surface area (Å²) >= 11 is 0. The summed E-state index contributed by atoms with van der Waals surface area (Å²) in [6, 6.07) is 11.6. The van der Waals surface area contributed by atoms with Crippen molar-refractivity contribution in [1.29, 1.82) is 0 Å². The lowest BCUT2D eigenvalue weighted by atomic mass is 9.96. The number of amides is 1. The molecule has 0 radical (unpaired) electrons. The van der Waals surface area contributed by atoms with E-state index in [0.717, 1.165) is 33.4 Å². The number of carbonyl (C=O) groups is 2. The van der Waals surface area contributed by atoms with Crippen molar-refractivity contribution in [3.63, 3.8) is 0 Å². The van der Waals surface area contributed by atoms with Gasteiger partial charge in [0.05, 0.1) is 33.5 Å². The van der Waals surface area contributed by atoms with Crippen LogP contribution in [-0.2, 0) is 14.3 Å². The Bertz CT molecular complexity index is 1230. The van der Waals surface area contributed by atoms with Gasteiger partial charge in [0.2, 0.25) is 5.91 Å². The molecule has 0 bridgehead atoms. The number of benzene rings is 2. The highest BCUT2D eigenvalue weighted by atomic mass is 16.5. The summed E-state index contributed by atoms with van der Waals surface area (Å²) in [7, 11) is 4.64. The number of hydrogen-bond acceptors (Lipinski definition) is 6. The predicted molar refractivity (Wildman–Crippen MR) is 130 cm³/mol. The van der Waals surface area contributed by atoms with Gasteiger partial charge in [-0.25, -0.2) is 0 Å². The molecule has 0 aliphatic carbocycles. The standard InChI is InChI=1S/C27H29NO6/c1-17(13-26(29)28-11-9-18(10-12-28)27(30)33-4)20-14-21-22(16-34-25(21)15-24(20)32-3)19-7-5-6-8-23(19)31-2/h5-8,13-16,18H,9-12H2,1-4H3/b17-13+. The summed E-state index contributed by atoms with van der Waals surface area (Å²) in [6.45, 7) is 2.95. The third-order valence-electron chi connectivity index (χ3n) is 6.40. The number of ether oxygens (including phenoxy) is 3. The van der Waals surface area contributed by atoms with Gasteiger partial charge in [-0.15, -0.1) is 0 Å². The maximum Gasteiger partial charge on any atom is 0.308 e. The minimum absolute atomic E-state index is 0.0832. The quantitative estimate of drug-likeness (QED) is 0.381. The molecule has 1 saturated heterocycles. The Morgan fingerprint density at radius 1 is 1.00 bits per heavy atom. The van der Waals surface area contributed by atoms with E-state index in [1.54, 1.807) is 31.5 Å². The van der Waals surface area contributed by atoms with E-state index in [9.17, 15) is 9.59 Å². The monoisotopic (exact) mass is 463 g/mol. The Hall–Kier alpha value is -3.74. The van der Waals surface area contributed by atoms with Crippen molar-refractivity contribution in [3.05, 3.63) is 54.3 Å². The van der Waals surface area contributed by atoms with Crippen LogP contribution in [0.2, 0.25) is 0 Å². The number of fused-ring (bicyclic) bond motifs is 1. The molecule has 1 aliphatic heterocycles. The van der Waals surface area contributed by atoms with Crippen molar-refractivity contribution in [3.8, 4) is 22.6 Å². The Morgan fingerprint density at radius 3 is 2.38 bits per heavy atom. The first-order valence-corrected chi connectivity index (χ1v) is 11.2. The lowest BCUT2D eigenvalue weighted by Crippen LogP contribution is -2.39. The number of piperidine rings is 1. The van der Waals surface area contributed by atoms with Gasteiger partial charge in [-0.1, -0.05) is 18.2 Å². The minimum atomic E-state index is -0.206. The zero-order chi connectivity index (χ0) is 24.2. The summed E-state index contributed by atoms with van der Waals surface area (Å²) in [5.41, 5.74) is 4.10. The van der Waals surface area contributed by atoms with Crippen LogP contribution in [0, 0.1) is 5.92 Å². The molecule has 34 heavy (non-hydrogen) atoms. The number of nitrogens with zero attached hydrogens (tertiary/aromatic N) is 1. The molecule has 0 N–H and O–H groups in total. The molecule has 0 atom stereocenters. The zero-order valence-corrected chi connectivity index (χ0v) is 19.9. The molecular formula is C27H29NO6. The van der Waals surface area contributed by atoms with Gasteiger partial charge in [0, 0.05) is 47.3 Å². The molecule has 1 aromatic heterocycles. The number of likely N-dealkylation sites (tertiary alicyclic amines) is 1. The van der Waals surface area contributed by atoms with Crippen molar-refractivity contribution in [2.45, 2.75) is 19.8 Å². The Morgan fingerprint density at radius 2 is 1.71 bits per heavy atom. The molecule has 0 spiro atoms. The number of rotatable bonds is 6. The summed E-state index contributed by atoms with van der Waals surface area (Å²) < 4.78 is 21.8. The van der Waals surface area contributed by atoms with Gasteiger partial charge in [-0.2, -0.15) is 0 Å². The van der Waals surface area contributed by atoms with Gasteiger partial charge in [-0.05, 0) is 37.5 Å². The maximum atomic E-state index is 13.0. The highest BCUT2D eigenvalue weighted by molar-refractivity contribution is 6.01. The van der Waals surface area contributed by atoms with Crippen molar-refractivity contribution in [1.82, 2.24) is 4.90 Å². The highest BCUT2D eigenvalue weighted by Crippen LogP contribution is 2.40. The lowest BCUT2D eigenvalue weighted by molar-refractivity contribution is -0.148. The van der Waals surface area contributed by atoms with E-state index >= 15 is 0 Å². The van der Waals surface area contributed by atoms with Gasteiger partial charge < -0.3 is 23.5 Å². The lowest BCUT2D eigenvalue weighted by Gasteiger charge is -2.30. The molecule has 4 rings (SSSR count). The molecule has 3 aromatic rings. The molecule has 1 aliphatic rings. The fraction of sp³-hybridized carbons (Fsp3) is 0.333. The van der Waals surface area contributed by atoms with Crippen LogP contribution < -0.4 is 9.47 Å². The first-order valence-electron chi connectivity index (χ1n) is 11.2. The summed E-state index contributed by atoms with van der Waals surface area (Å²) in [5.74, 6) is 0.943. The average Bonchev–Trinajstić information content (AvgIpc) is 3.30. The number of allylic oxidation sites excluding steroid dienone is 1. The maximum absolute atomic E-state index is 13.0. The topological polar surface area (TPSA) is 78.2 Å². The molecule has 1 amide bonds. The number of carbonyl (C=O) groups excluding carboxylic acids is 2. The molecule has 178 valence electrons. The Labute approximate surface area is 198 Å². The van der Waals surface area contributed by atoms with Gasteiger partial charge in [0.1, 0.15) is 17.1 Å². The third kappa shape index (κ3) is 4.51. The largest absolute Gasteiger partial charge is 0.496 e. The van der Waals surface area contributed by atoms with Crippen LogP contribution >= 0.6 is 0 Å². The normalized spacial score (nSPS) is 14.8. The summed E-state index contributed by atoms with van der Waals surface area (Å²) in [5, 5.41) is 0.902.